The molecule has 0 bridgehead atoms. The first-order valence-electron chi connectivity index (χ1n) is 1.82. The third kappa shape index (κ3) is 9.01. The second kappa shape index (κ2) is 8.89. The van der Waals surface area contributed by atoms with Crippen LogP contribution in [-0.4, -0.2) is 6.54 Å². The van der Waals surface area contributed by atoms with Crippen molar-refractivity contribution < 1.29 is 18.1 Å². The second-order valence-corrected chi connectivity index (χ2v) is 0.858. The Labute approximate surface area is 44.6 Å². The average Bonchev–Trinajstić information content (AvgIpc) is 1.41. The van der Waals surface area contributed by atoms with Gasteiger partial charge in [0.2, 0.25) is 0 Å². The van der Waals surface area contributed by atoms with Gasteiger partial charge in [-0.1, -0.05) is 6.08 Å². The third-order valence-corrected chi connectivity index (χ3v) is 0.402. The number of rotatable bonds is 1. The van der Waals surface area contributed by atoms with E-state index in [1.807, 2.05) is 19.1 Å². The molecule has 2 heteroatoms. The zero-order valence-corrected chi connectivity index (χ0v) is 4.70. The van der Waals surface area contributed by atoms with Crippen LogP contribution in [0.25, 0.3) is 0 Å². The van der Waals surface area contributed by atoms with Gasteiger partial charge in [-0.2, -0.15) is 0 Å². The van der Waals surface area contributed by atoms with E-state index >= 15 is 0 Å². The van der Waals surface area contributed by atoms with E-state index in [0.29, 0.717) is 0 Å². The van der Waals surface area contributed by atoms with Gasteiger partial charge in [-0.3, -0.25) is 0 Å². The Hall–Kier alpha value is -0.0100. The maximum atomic E-state index is 3.59. The average molecular weight is 108 g/mol. The molecule has 0 amide bonds. The number of quaternary nitrogens is 1. The third-order valence-electron chi connectivity index (χ3n) is 0.402. The maximum Gasteiger partial charge on any atom is 0.0926 e. The van der Waals surface area contributed by atoms with Gasteiger partial charge in [0.1, 0.15) is 0 Å². The Morgan fingerprint density at radius 3 is 2.17 bits per heavy atom. The zero-order valence-electron chi connectivity index (χ0n) is 3.95. The summed E-state index contributed by atoms with van der Waals surface area (Å²) in [6.45, 7) is 2.90. The highest BCUT2D eigenvalue weighted by Crippen LogP contribution is 1.56. The molecule has 1 nitrogen and oxygen atoms in total. The molecule has 0 spiro atoms. The molecule has 0 unspecified atom stereocenters. The predicted octanol–water partition coefficient (Wildman–Crippen LogP) is -3.19. The lowest BCUT2D eigenvalue weighted by molar-refractivity contribution is -0.352. The summed E-state index contributed by atoms with van der Waals surface area (Å²) in [5, 5.41) is 0. The van der Waals surface area contributed by atoms with Crippen molar-refractivity contribution in [2.45, 2.75) is 6.92 Å². The Morgan fingerprint density at radius 1 is 1.67 bits per heavy atom. The number of halogens is 1. The smallest absolute Gasteiger partial charge is 0.0926 e. The van der Waals surface area contributed by atoms with Gasteiger partial charge < -0.3 is 18.1 Å². The molecule has 38 valence electrons. The molecular formula is C4H10ClN. The highest BCUT2D eigenvalue weighted by atomic mass is 35.5. The van der Waals surface area contributed by atoms with Crippen LogP contribution in [-0.2, 0) is 0 Å². The van der Waals surface area contributed by atoms with Gasteiger partial charge in [-0.25, -0.2) is 0 Å². The molecule has 0 saturated carbocycles. The quantitative estimate of drug-likeness (QED) is 0.342. The maximum absolute atomic E-state index is 3.59. The summed E-state index contributed by atoms with van der Waals surface area (Å²) in [7, 11) is 0. The van der Waals surface area contributed by atoms with E-state index in [2.05, 4.69) is 5.73 Å². The molecule has 0 aromatic rings. The fourth-order valence-electron chi connectivity index (χ4n) is 0.167. The van der Waals surface area contributed by atoms with Crippen LogP contribution < -0.4 is 18.1 Å². The molecule has 0 atom stereocenters. The van der Waals surface area contributed by atoms with Gasteiger partial charge in [-0.15, -0.1) is 0 Å². The summed E-state index contributed by atoms with van der Waals surface area (Å²) < 4.78 is 0. The molecular weight excluding hydrogens is 97.5 g/mol. The first-order valence-corrected chi connectivity index (χ1v) is 1.82. The molecule has 0 rings (SSSR count). The number of hydrogen-bond acceptors (Lipinski definition) is 0. The molecule has 0 saturated heterocycles. The van der Waals surface area contributed by atoms with E-state index in [0.717, 1.165) is 6.54 Å². The first-order chi connectivity index (χ1) is 2.41. The molecule has 0 aliphatic rings. The fourth-order valence-corrected chi connectivity index (χ4v) is 0.167. The van der Waals surface area contributed by atoms with E-state index in [1.165, 1.54) is 0 Å². The second-order valence-electron chi connectivity index (χ2n) is 0.858. The lowest BCUT2D eigenvalue weighted by Gasteiger charge is -1.63. The molecule has 0 fully saturated rings. The van der Waals surface area contributed by atoms with Crippen LogP contribution in [0.1, 0.15) is 6.92 Å². The van der Waals surface area contributed by atoms with Gasteiger partial charge in [0.05, 0.1) is 6.54 Å². The van der Waals surface area contributed by atoms with Crippen molar-refractivity contribution in [2.24, 2.45) is 0 Å². The van der Waals surface area contributed by atoms with Crippen molar-refractivity contribution >= 4 is 0 Å². The van der Waals surface area contributed by atoms with Gasteiger partial charge >= 0.3 is 0 Å². The summed E-state index contributed by atoms with van der Waals surface area (Å²) in [5.74, 6) is 0. The van der Waals surface area contributed by atoms with E-state index < -0.39 is 0 Å². The molecule has 3 N–H and O–H groups in total. The van der Waals surface area contributed by atoms with E-state index in [1.54, 1.807) is 0 Å². The summed E-state index contributed by atoms with van der Waals surface area (Å²) >= 11 is 0. The minimum Gasteiger partial charge on any atom is -1.00 e. The van der Waals surface area contributed by atoms with Crippen LogP contribution in [0.4, 0.5) is 0 Å². The fraction of sp³-hybridized carbons (Fsp3) is 0.500. The highest BCUT2D eigenvalue weighted by Gasteiger charge is 1.55. The van der Waals surface area contributed by atoms with Crippen molar-refractivity contribution in [1.82, 2.24) is 0 Å². The normalized spacial score (nSPS) is 8.33. The molecule has 0 aromatic carbocycles. The van der Waals surface area contributed by atoms with Crippen LogP contribution >= 0.6 is 0 Å². The van der Waals surface area contributed by atoms with Crippen LogP contribution in [0.5, 0.6) is 0 Å². The van der Waals surface area contributed by atoms with E-state index in [-0.39, 0.29) is 12.4 Å². The Morgan fingerprint density at radius 2 is 2.17 bits per heavy atom. The van der Waals surface area contributed by atoms with Gasteiger partial charge in [0.15, 0.2) is 0 Å². The van der Waals surface area contributed by atoms with Crippen LogP contribution in [0.3, 0.4) is 0 Å². The summed E-state index contributed by atoms with van der Waals surface area (Å²) in [6, 6.07) is 0. The van der Waals surface area contributed by atoms with E-state index in [4.69, 9.17) is 0 Å². The van der Waals surface area contributed by atoms with Crippen LogP contribution in [0, 0.1) is 0 Å². The minimum absolute atomic E-state index is 0. The zero-order chi connectivity index (χ0) is 4.12. The lowest BCUT2D eigenvalue weighted by atomic mass is 10.5. The summed E-state index contributed by atoms with van der Waals surface area (Å²) in [5.41, 5.74) is 3.59. The SMILES string of the molecule is CC=CC[NH3+].[Cl-]. The highest BCUT2D eigenvalue weighted by molar-refractivity contribution is 4.73. The van der Waals surface area contributed by atoms with Crippen molar-refractivity contribution in [3.05, 3.63) is 12.2 Å². The largest absolute Gasteiger partial charge is 1.00 e. The van der Waals surface area contributed by atoms with Crippen molar-refractivity contribution in [1.29, 1.82) is 0 Å². The summed E-state index contributed by atoms with van der Waals surface area (Å²) in [4.78, 5) is 0. The van der Waals surface area contributed by atoms with Crippen molar-refractivity contribution in [3.63, 3.8) is 0 Å². The topological polar surface area (TPSA) is 27.6 Å². The van der Waals surface area contributed by atoms with Gasteiger partial charge in [-0.05, 0) is 13.0 Å². The number of hydrogen-bond donors (Lipinski definition) is 1. The van der Waals surface area contributed by atoms with Gasteiger partial charge in [0.25, 0.3) is 0 Å². The molecule has 0 aliphatic carbocycles. The molecule has 6 heavy (non-hydrogen) atoms. The molecule has 0 heterocycles. The molecule has 0 aromatic heterocycles. The summed E-state index contributed by atoms with van der Waals surface area (Å²) in [6.07, 6.45) is 4.01. The monoisotopic (exact) mass is 107 g/mol. The Bertz CT molecular complexity index is 34.5. The van der Waals surface area contributed by atoms with E-state index in [9.17, 15) is 0 Å². The standard InChI is InChI=1S/C4H9N.ClH/c1-2-3-4-5;/h2-3H,4-5H2,1H3;1H. The van der Waals surface area contributed by atoms with Gasteiger partial charge in [0, 0.05) is 0 Å². The minimum atomic E-state index is 0. The van der Waals surface area contributed by atoms with Crippen LogP contribution in [0.2, 0.25) is 0 Å². The Balaban J connectivity index is 0. The molecule has 0 aliphatic heterocycles. The van der Waals surface area contributed by atoms with Crippen LogP contribution in [0.15, 0.2) is 12.2 Å². The Kier molecular flexibility index (Phi) is 13.9. The number of allylic oxidation sites excluding steroid dienone is 1. The van der Waals surface area contributed by atoms with Crippen molar-refractivity contribution in [2.75, 3.05) is 6.54 Å². The van der Waals surface area contributed by atoms with Crippen molar-refractivity contribution in [3.8, 4) is 0 Å². The predicted molar refractivity (Wildman–Crippen MR) is 22.6 cm³/mol. The lowest BCUT2D eigenvalue weighted by Crippen LogP contribution is -3.00. The molecule has 0 radical (unpaired) electrons. The first kappa shape index (κ1) is 9.37.